The molecule has 0 fully saturated rings. The highest BCUT2D eigenvalue weighted by Crippen LogP contribution is 2.32. The Morgan fingerprint density at radius 1 is 1.25 bits per heavy atom. The number of rotatable bonds is 7. The van der Waals surface area contributed by atoms with E-state index in [1.807, 2.05) is 30.9 Å². The van der Waals surface area contributed by atoms with Crippen LogP contribution in [0.4, 0.5) is 0 Å². The number of hydrogen-bond donors (Lipinski definition) is 1. The number of pyridine rings is 1. The van der Waals surface area contributed by atoms with Crippen LogP contribution in [0, 0.1) is 13.8 Å². The van der Waals surface area contributed by atoms with Gasteiger partial charge in [-0.15, -0.1) is 22.7 Å². The van der Waals surface area contributed by atoms with E-state index in [1.165, 1.54) is 14.6 Å². The average Bonchev–Trinajstić information content (AvgIpc) is 3.46. The van der Waals surface area contributed by atoms with Gasteiger partial charge in [-0.25, -0.2) is 9.67 Å². The quantitative estimate of drug-likeness (QED) is 0.392. The van der Waals surface area contributed by atoms with Crippen LogP contribution in [0.25, 0.3) is 22.3 Å². The highest BCUT2D eigenvalue weighted by atomic mass is 32.1. The Balaban J connectivity index is 1.73. The monoisotopic (exact) mass is 467 g/mol. The second-order valence-electron chi connectivity index (χ2n) is 8.51. The van der Waals surface area contributed by atoms with Crippen LogP contribution < -0.4 is 5.32 Å². The summed E-state index contributed by atoms with van der Waals surface area (Å²) < 4.78 is 1.89. The summed E-state index contributed by atoms with van der Waals surface area (Å²) in [4.78, 5) is 24.1. The van der Waals surface area contributed by atoms with Crippen LogP contribution in [0.1, 0.15) is 50.9 Å². The van der Waals surface area contributed by atoms with Crippen molar-refractivity contribution in [2.24, 2.45) is 0 Å². The number of carbonyl (C=O) groups is 1. The fraction of sp³-hybridized carbons (Fsp3) is 0.375. The Labute approximate surface area is 196 Å². The van der Waals surface area contributed by atoms with Crippen LogP contribution >= 0.6 is 22.7 Å². The average molecular weight is 468 g/mol. The molecule has 0 saturated heterocycles. The van der Waals surface area contributed by atoms with Crippen molar-refractivity contribution < 1.29 is 4.79 Å². The largest absolute Gasteiger partial charge is 0.350 e. The molecule has 1 unspecified atom stereocenters. The third-order valence-electron chi connectivity index (χ3n) is 5.57. The van der Waals surface area contributed by atoms with Crippen molar-refractivity contribution in [1.82, 2.24) is 25.0 Å². The van der Waals surface area contributed by atoms with E-state index in [9.17, 15) is 4.79 Å². The molecule has 0 aliphatic heterocycles. The molecule has 0 aliphatic rings. The number of carbonyl (C=O) groups excluding carboxylic acids is 1. The van der Waals surface area contributed by atoms with Crippen molar-refractivity contribution in [1.29, 1.82) is 0 Å². The van der Waals surface area contributed by atoms with Crippen LogP contribution in [-0.2, 0) is 0 Å². The summed E-state index contributed by atoms with van der Waals surface area (Å²) >= 11 is 3.45. The molecule has 0 saturated carbocycles. The number of aromatic nitrogens is 3. The Morgan fingerprint density at radius 3 is 2.62 bits per heavy atom. The molecule has 0 bridgehead atoms. The van der Waals surface area contributed by atoms with Gasteiger partial charge in [0.05, 0.1) is 28.9 Å². The first kappa shape index (κ1) is 22.6. The predicted molar refractivity (Wildman–Crippen MR) is 134 cm³/mol. The van der Waals surface area contributed by atoms with E-state index in [4.69, 9.17) is 4.98 Å². The molecular formula is C24H29N5OS2. The number of nitrogens with zero attached hydrogens (tertiary/aromatic N) is 4. The molecule has 1 amide bonds. The maximum absolute atomic E-state index is 13.4. The summed E-state index contributed by atoms with van der Waals surface area (Å²) in [6, 6.07) is 8.48. The standard InChI is InChI=1S/C24H29N5OS2/c1-14(2)29-23-19(12-26-29)18(11-20(27-23)17-10-15(3)32-16(17)4)24(30)25-13-21(28(5)6)22-8-7-9-31-22/h7-12,14,21H,13H2,1-6H3,(H,25,30). The van der Waals surface area contributed by atoms with Crippen molar-refractivity contribution in [3.8, 4) is 11.3 Å². The first-order valence-corrected chi connectivity index (χ1v) is 12.4. The molecular weight excluding hydrogens is 438 g/mol. The van der Waals surface area contributed by atoms with E-state index >= 15 is 0 Å². The van der Waals surface area contributed by atoms with Crippen molar-refractivity contribution in [2.45, 2.75) is 39.8 Å². The molecule has 0 radical (unpaired) electrons. The molecule has 4 rings (SSSR count). The van der Waals surface area contributed by atoms with Gasteiger partial charge >= 0.3 is 0 Å². The van der Waals surface area contributed by atoms with Gasteiger partial charge in [-0.2, -0.15) is 5.10 Å². The zero-order chi connectivity index (χ0) is 23.0. The highest BCUT2D eigenvalue weighted by Gasteiger charge is 2.22. The summed E-state index contributed by atoms with van der Waals surface area (Å²) in [5, 5.41) is 10.5. The van der Waals surface area contributed by atoms with Crippen LogP contribution in [0.3, 0.4) is 0 Å². The molecule has 1 atom stereocenters. The van der Waals surface area contributed by atoms with E-state index in [1.54, 1.807) is 28.9 Å². The first-order valence-electron chi connectivity index (χ1n) is 10.7. The molecule has 0 spiro atoms. The van der Waals surface area contributed by atoms with Gasteiger partial charge in [0.2, 0.25) is 0 Å². The SMILES string of the molecule is Cc1cc(-c2cc(C(=O)NCC(c3cccs3)N(C)C)c3cnn(C(C)C)c3n2)c(C)s1. The maximum atomic E-state index is 13.4. The minimum absolute atomic E-state index is 0.102. The lowest BCUT2D eigenvalue weighted by Gasteiger charge is -2.23. The van der Waals surface area contributed by atoms with Gasteiger partial charge in [-0.1, -0.05) is 6.07 Å². The Bertz CT molecular complexity index is 1240. The van der Waals surface area contributed by atoms with Crippen LogP contribution in [-0.4, -0.2) is 46.2 Å². The zero-order valence-corrected chi connectivity index (χ0v) is 21.0. The lowest BCUT2D eigenvalue weighted by atomic mass is 10.1. The molecule has 8 heteroatoms. The molecule has 1 N–H and O–H groups in total. The topological polar surface area (TPSA) is 63.1 Å². The third kappa shape index (κ3) is 4.35. The Kier molecular flexibility index (Phi) is 6.46. The minimum atomic E-state index is -0.102. The first-order chi connectivity index (χ1) is 15.3. The lowest BCUT2D eigenvalue weighted by Crippen LogP contribution is -2.34. The van der Waals surface area contributed by atoms with Gasteiger partial charge in [0, 0.05) is 32.8 Å². The maximum Gasteiger partial charge on any atom is 0.252 e. The molecule has 168 valence electrons. The van der Waals surface area contributed by atoms with Crippen molar-refractivity contribution in [2.75, 3.05) is 20.6 Å². The minimum Gasteiger partial charge on any atom is -0.350 e. The van der Waals surface area contributed by atoms with Gasteiger partial charge in [-0.05, 0) is 65.4 Å². The number of aryl methyl sites for hydroxylation is 2. The highest BCUT2D eigenvalue weighted by molar-refractivity contribution is 7.12. The van der Waals surface area contributed by atoms with Crippen molar-refractivity contribution in [3.05, 3.63) is 56.0 Å². The summed E-state index contributed by atoms with van der Waals surface area (Å²) in [5.41, 5.74) is 3.25. The number of amides is 1. The van der Waals surface area contributed by atoms with Gasteiger partial charge in [-0.3, -0.25) is 4.79 Å². The van der Waals surface area contributed by atoms with Crippen molar-refractivity contribution >= 4 is 39.6 Å². The smallest absolute Gasteiger partial charge is 0.252 e. The summed E-state index contributed by atoms with van der Waals surface area (Å²) in [5.74, 6) is -0.102. The molecule has 4 aromatic heterocycles. The molecule has 4 heterocycles. The zero-order valence-electron chi connectivity index (χ0n) is 19.3. The third-order valence-corrected chi connectivity index (χ3v) is 7.51. The normalized spacial score (nSPS) is 12.8. The Hall–Kier alpha value is -2.55. The number of fused-ring (bicyclic) bond motifs is 1. The second-order valence-corrected chi connectivity index (χ2v) is 10.9. The van der Waals surface area contributed by atoms with E-state index in [-0.39, 0.29) is 18.0 Å². The van der Waals surface area contributed by atoms with Crippen LogP contribution in [0.15, 0.2) is 35.8 Å². The van der Waals surface area contributed by atoms with Gasteiger partial charge < -0.3 is 10.2 Å². The molecule has 6 nitrogen and oxygen atoms in total. The molecule has 0 aromatic carbocycles. The summed E-state index contributed by atoms with van der Waals surface area (Å²) in [7, 11) is 4.07. The van der Waals surface area contributed by atoms with E-state index < -0.39 is 0 Å². The fourth-order valence-corrected chi connectivity index (χ4v) is 5.77. The Morgan fingerprint density at radius 2 is 2.03 bits per heavy atom. The van der Waals surface area contributed by atoms with Gasteiger partial charge in [0.15, 0.2) is 5.65 Å². The lowest BCUT2D eigenvalue weighted by molar-refractivity contribution is 0.0944. The van der Waals surface area contributed by atoms with E-state index in [0.717, 1.165) is 22.3 Å². The van der Waals surface area contributed by atoms with Crippen molar-refractivity contribution in [3.63, 3.8) is 0 Å². The fourth-order valence-electron chi connectivity index (χ4n) is 3.91. The number of thiophene rings is 2. The number of nitrogens with one attached hydrogen (secondary N) is 1. The van der Waals surface area contributed by atoms with Crippen LogP contribution in [0.5, 0.6) is 0 Å². The van der Waals surface area contributed by atoms with Gasteiger partial charge in [0.1, 0.15) is 0 Å². The molecule has 32 heavy (non-hydrogen) atoms. The van der Waals surface area contributed by atoms with Crippen LogP contribution in [0.2, 0.25) is 0 Å². The number of hydrogen-bond acceptors (Lipinski definition) is 6. The second kappa shape index (κ2) is 9.13. The summed E-state index contributed by atoms with van der Waals surface area (Å²) in [6.45, 7) is 8.87. The molecule has 0 aliphatic carbocycles. The number of likely N-dealkylation sites (N-methyl/N-ethyl adjacent to an activating group) is 1. The van der Waals surface area contributed by atoms with E-state index in [0.29, 0.717) is 12.1 Å². The predicted octanol–water partition coefficient (Wildman–Crippen LogP) is 5.45. The van der Waals surface area contributed by atoms with E-state index in [2.05, 4.69) is 60.5 Å². The molecule has 4 aromatic rings. The van der Waals surface area contributed by atoms with Gasteiger partial charge in [0.25, 0.3) is 5.91 Å². The summed E-state index contributed by atoms with van der Waals surface area (Å²) in [6.07, 6.45) is 1.76.